The third-order valence-corrected chi connectivity index (χ3v) is 0. The van der Waals surface area contributed by atoms with Crippen molar-refractivity contribution < 1.29 is 90.4 Å². The molecule has 0 aliphatic rings. The molecular weight excluding hydrogens is 359 g/mol. The molecule has 15 nitrogen and oxygen atoms in total. The molecule has 127 valence electrons. The first kappa shape index (κ1) is 81.4. The molecule has 0 saturated heterocycles. The maximum Gasteiger partial charge on any atom is 0.0311 e. The summed E-state index contributed by atoms with van der Waals surface area (Å²) in [7, 11) is -10.3. The predicted molar refractivity (Wildman–Crippen MR) is 46.2 cm³/mol. The van der Waals surface area contributed by atoms with Crippen molar-refractivity contribution in [3.8, 4) is 0 Å². The minimum atomic E-state index is -5.17. The Hall–Kier alpha value is -0.0205. The molecule has 0 bridgehead atoms. The summed E-state index contributed by atoms with van der Waals surface area (Å²) < 4.78 is 68.2. The molecule has 0 aromatic rings. The second kappa shape index (κ2) is 30.2. The quantitative estimate of drug-likeness (QED) is 0.222. The van der Waals surface area contributed by atoms with Gasteiger partial charge in [-0.3, -0.25) is 16.8 Å². The third-order valence-electron chi connectivity index (χ3n) is 0. The van der Waals surface area contributed by atoms with Crippen LogP contribution in [0, 0.1) is 0 Å². The Morgan fingerprint density at radius 2 is 0.444 bits per heavy atom. The first-order valence-electron chi connectivity index (χ1n) is 1.33. The molecule has 0 saturated carbocycles. The van der Waals surface area contributed by atoms with Gasteiger partial charge in [0.1, 0.15) is 0 Å². The third kappa shape index (κ3) is 8520000. The van der Waals surface area contributed by atoms with Crippen LogP contribution in [0.5, 0.6) is 0 Å². The van der Waals surface area contributed by atoms with Crippen molar-refractivity contribution >= 4 is 20.8 Å². The van der Waals surface area contributed by atoms with Gasteiger partial charge in [-0.25, -0.2) is 0 Å². The molecule has 0 rings (SSSR count). The second-order valence-electron chi connectivity index (χ2n) is 0.816. The predicted octanol–water partition coefficient (Wildman–Crippen LogP) is -8.45. The van der Waals surface area contributed by atoms with E-state index in [4.69, 9.17) is 35.0 Å². The molecule has 0 aliphatic carbocycles. The molecule has 0 amide bonds. The zero-order valence-electron chi connectivity index (χ0n) is 7.96. The van der Waals surface area contributed by atoms with Gasteiger partial charge in [0.25, 0.3) is 0 Å². The van der Waals surface area contributed by atoms with E-state index in [-0.39, 0.29) is 55.4 Å². The summed E-state index contributed by atoms with van der Waals surface area (Å²) in [5.74, 6) is 0. The molecule has 1 radical (unpaired) electrons. The largest absolute Gasteiger partial charge is 0.759 e. The van der Waals surface area contributed by atoms with Crippen molar-refractivity contribution in [3.63, 3.8) is 0 Å². The number of hydrogen-bond donors (Lipinski definition) is 0. The zero-order chi connectivity index (χ0) is 9.00. The Balaban J connectivity index is -0.00000000615. The first-order valence-corrected chi connectivity index (χ1v) is 4.00. The molecule has 0 atom stereocenters. The van der Waals surface area contributed by atoms with Crippen molar-refractivity contribution in [2.75, 3.05) is 0 Å². The molecule has 18 heteroatoms. The summed E-state index contributed by atoms with van der Waals surface area (Å²) in [6.45, 7) is 0. The van der Waals surface area contributed by atoms with Crippen molar-refractivity contribution in [1.82, 2.24) is 0 Å². The number of hydrogen-bond acceptors (Lipinski definition) is 8. The van der Waals surface area contributed by atoms with Gasteiger partial charge in [-0.1, -0.05) is 0 Å². The van der Waals surface area contributed by atoms with E-state index >= 15 is 0 Å². The van der Waals surface area contributed by atoms with Crippen molar-refractivity contribution in [2.24, 2.45) is 0 Å². The van der Waals surface area contributed by atoms with Crippen LogP contribution >= 0.6 is 0 Å². The normalized spacial score (nSPS) is 6.44. The monoisotopic (exact) mass is 373 g/mol. The molecule has 0 aromatic heterocycles. The molecule has 0 heterocycles. The fraction of sp³-hybridized carbons (Fsp3) is 0. The Morgan fingerprint density at radius 1 is 0.444 bits per heavy atom. The van der Waals surface area contributed by atoms with E-state index in [1.54, 1.807) is 0 Å². The Bertz CT molecular complexity index is 211. The van der Waals surface area contributed by atoms with E-state index in [0.717, 1.165) is 0 Å². The zero-order valence-corrected chi connectivity index (χ0v) is 10.8. The average Bonchev–Trinajstić information content (AvgIpc) is 1.12. The van der Waals surface area contributed by atoms with Crippen molar-refractivity contribution in [1.29, 1.82) is 0 Å². The van der Waals surface area contributed by atoms with Gasteiger partial charge in [0, 0.05) is 37.9 Å². The van der Waals surface area contributed by atoms with Crippen LogP contribution in [0.3, 0.4) is 0 Å². The maximum absolute atomic E-state index is 8.52. The molecule has 18 heavy (non-hydrogen) atoms. The van der Waals surface area contributed by atoms with Crippen LogP contribution in [0.4, 0.5) is 0 Å². The molecule has 0 fully saturated rings. The fourth-order valence-corrected chi connectivity index (χ4v) is 0. The van der Waals surface area contributed by atoms with Crippen LogP contribution in [0.2, 0.25) is 0 Å². The summed E-state index contributed by atoms with van der Waals surface area (Å²) in [4.78, 5) is 0. The smallest absolute Gasteiger partial charge is 0.0311 e. The van der Waals surface area contributed by atoms with Gasteiger partial charge in [0.15, 0.2) is 0 Å². The summed E-state index contributed by atoms with van der Waals surface area (Å²) in [6, 6.07) is 0. The van der Waals surface area contributed by atoms with E-state index in [0.29, 0.717) is 0 Å². The Labute approximate surface area is 112 Å². The Morgan fingerprint density at radius 3 is 0.444 bits per heavy atom. The maximum atomic E-state index is 8.52. The van der Waals surface area contributed by atoms with Gasteiger partial charge in [-0.15, -0.1) is 0 Å². The SMILES string of the molecule is O.O.O.O.O.O.O.O=S(=O)([O-])[O-].O=S(=O)([O-])[O-].[Mn]. The molecule has 0 spiro atoms. The minimum absolute atomic E-state index is 0. The van der Waals surface area contributed by atoms with Gasteiger partial charge in [-0.2, -0.15) is 0 Å². The van der Waals surface area contributed by atoms with Crippen molar-refractivity contribution in [2.45, 2.75) is 0 Å². The van der Waals surface area contributed by atoms with Crippen LogP contribution in [-0.4, -0.2) is 73.4 Å². The average molecular weight is 373 g/mol. The van der Waals surface area contributed by atoms with Crippen molar-refractivity contribution in [3.05, 3.63) is 0 Å². The summed E-state index contributed by atoms with van der Waals surface area (Å²) in [5.41, 5.74) is 0. The van der Waals surface area contributed by atoms with Gasteiger partial charge in [0.2, 0.25) is 0 Å². The Kier molecular flexibility index (Phi) is 137. The minimum Gasteiger partial charge on any atom is -0.759 e. The van der Waals surface area contributed by atoms with Crippen LogP contribution in [-0.2, 0) is 37.9 Å². The van der Waals surface area contributed by atoms with E-state index in [2.05, 4.69) is 0 Å². The van der Waals surface area contributed by atoms with Gasteiger partial charge in [0.05, 0.1) is 0 Å². The van der Waals surface area contributed by atoms with Crippen LogP contribution in [0.25, 0.3) is 0 Å². The number of rotatable bonds is 0. The molecule has 0 unspecified atom stereocenters. The fourth-order valence-electron chi connectivity index (χ4n) is 0. The van der Waals surface area contributed by atoms with E-state index in [1.807, 2.05) is 0 Å². The summed E-state index contributed by atoms with van der Waals surface area (Å²) >= 11 is 0. The van der Waals surface area contributed by atoms with Crippen LogP contribution < -0.4 is 0 Å². The van der Waals surface area contributed by atoms with E-state index in [1.165, 1.54) is 0 Å². The van der Waals surface area contributed by atoms with Gasteiger partial charge in [-0.05, 0) is 0 Å². The van der Waals surface area contributed by atoms with E-state index < -0.39 is 20.8 Å². The molecule has 0 aromatic carbocycles. The molecule has 14 N–H and O–H groups in total. The summed E-state index contributed by atoms with van der Waals surface area (Å²) in [5, 5.41) is 0. The van der Waals surface area contributed by atoms with E-state index in [9.17, 15) is 0 Å². The standard InChI is InChI=1S/Mn.2H2O4S.7H2O/c;2*1-5(2,3)4;;;;;;;/h;2*(H2,1,2,3,4);7*1H2/p-4. The molecular formula is H14MnO15S2-4. The van der Waals surface area contributed by atoms with Gasteiger partial charge < -0.3 is 56.5 Å². The second-order valence-corrected chi connectivity index (χ2v) is 2.45. The summed E-state index contributed by atoms with van der Waals surface area (Å²) in [6.07, 6.45) is 0. The topological polar surface area (TPSA) is 381 Å². The van der Waals surface area contributed by atoms with Crippen LogP contribution in [0.1, 0.15) is 0 Å². The van der Waals surface area contributed by atoms with Gasteiger partial charge >= 0.3 is 0 Å². The first-order chi connectivity index (χ1) is 4.00. The molecule has 0 aliphatic heterocycles. The van der Waals surface area contributed by atoms with Crippen LogP contribution in [0.15, 0.2) is 0 Å².